The number of nitrogens with zero attached hydrogens (tertiary/aromatic N) is 2. The zero-order valence-electron chi connectivity index (χ0n) is 9.80. The number of benzene rings is 1. The quantitative estimate of drug-likeness (QED) is 0.846. The number of thiazole rings is 1. The van der Waals surface area contributed by atoms with Crippen molar-refractivity contribution in [1.82, 2.24) is 4.98 Å². The van der Waals surface area contributed by atoms with Crippen LogP contribution in [0.15, 0.2) is 34.1 Å². The Bertz CT molecular complexity index is 537. The van der Waals surface area contributed by atoms with Crippen molar-refractivity contribution in [2.75, 3.05) is 31.2 Å². The van der Waals surface area contributed by atoms with Gasteiger partial charge in [-0.25, -0.2) is 4.98 Å². The lowest BCUT2D eigenvalue weighted by Crippen LogP contribution is -2.36. The van der Waals surface area contributed by atoms with Crippen molar-refractivity contribution in [2.24, 2.45) is 0 Å². The van der Waals surface area contributed by atoms with Gasteiger partial charge < -0.3 is 9.64 Å². The average Bonchev–Trinajstić information content (AvgIpc) is 2.89. The van der Waals surface area contributed by atoms with E-state index in [4.69, 9.17) is 9.72 Å². The van der Waals surface area contributed by atoms with Crippen LogP contribution in [0.2, 0.25) is 0 Å². The lowest BCUT2D eigenvalue weighted by Gasteiger charge is -2.26. The summed E-state index contributed by atoms with van der Waals surface area (Å²) in [6.45, 7) is 3.47. The first-order valence-corrected chi connectivity index (χ1v) is 7.54. The number of hydrogen-bond donors (Lipinski definition) is 0. The molecular formula is C13H13BrN2OS. The molecule has 1 aliphatic heterocycles. The first kappa shape index (κ1) is 12.1. The van der Waals surface area contributed by atoms with E-state index in [0.29, 0.717) is 0 Å². The molecule has 0 spiro atoms. The second-order valence-corrected chi connectivity index (χ2v) is 5.88. The lowest BCUT2D eigenvalue weighted by molar-refractivity contribution is 0.122. The summed E-state index contributed by atoms with van der Waals surface area (Å²) in [5.74, 6) is 0. The molecule has 2 aromatic rings. The number of aromatic nitrogens is 1. The molecule has 18 heavy (non-hydrogen) atoms. The maximum atomic E-state index is 5.36. The Morgan fingerprint density at radius 1 is 1.28 bits per heavy atom. The Kier molecular flexibility index (Phi) is 3.63. The third-order valence-electron chi connectivity index (χ3n) is 2.89. The summed E-state index contributed by atoms with van der Waals surface area (Å²) in [5.41, 5.74) is 2.20. The molecule has 1 aromatic heterocycles. The van der Waals surface area contributed by atoms with Crippen LogP contribution in [0.3, 0.4) is 0 Å². The van der Waals surface area contributed by atoms with E-state index >= 15 is 0 Å². The van der Waals surface area contributed by atoms with Crippen molar-refractivity contribution >= 4 is 32.4 Å². The lowest BCUT2D eigenvalue weighted by atomic mass is 10.2. The number of anilines is 1. The molecule has 0 saturated carbocycles. The molecule has 0 unspecified atom stereocenters. The summed E-state index contributed by atoms with van der Waals surface area (Å²) in [7, 11) is 0. The smallest absolute Gasteiger partial charge is 0.186 e. The molecule has 5 heteroatoms. The van der Waals surface area contributed by atoms with E-state index in [1.54, 1.807) is 11.3 Å². The minimum atomic E-state index is 0.797. The Balaban J connectivity index is 1.84. The molecule has 3 rings (SSSR count). The van der Waals surface area contributed by atoms with Crippen molar-refractivity contribution in [2.45, 2.75) is 0 Å². The van der Waals surface area contributed by atoms with Gasteiger partial charge in [-0.3, -0.25) is 0 Å². The molecule has 1 saturated heterocycles. The van der Waals surface area contributed by atoms with Gasteiger partial charge in [0.2, 0.25) is 0 Å². The van der Waals surface area contributed by atoms with Crippen LogP contribution >= 0.6 is 27.3 Å². The van der Waals surface area contributed by atoms with E-state index in [1.165, 1.54) is 0 Å². The highest BCUT2D eigenvalue weighted by molar-refractivity contribution is 9.10. The summed E-state index contributed by atoms with van der Waals surface area (Å²) in [6, 6.07) is 8.24. The standard InChI is InChI=1S/C13H13BrN2OS/c14-11-3-1-2-10(8-11)12-9-18-13(15-12)16-4-6-17-7-5-16/h1-3,8-9H,4-7H2. The second-order valence-electron chi connectivity index (χ2n) is 4.13. The summed E-state index contributed by atoms with van der Waals surface area (Å²) in [5, 5.41) is 3.21. The Hall–Kier alpha value is -0.910. The van der Waals surface area contributed by atoms with E-state index in [2.05, 4.69) is 38.3 Å². The van der Waals surface area contributed by atoms with E-state index in [1.807, 2.05) is 12.1 Å². The van der Waals surface area contributed by atoms with Crippen LogP contribution in [-0.4, -0.2) is 31.3 Å². The summed E-state index contributed by atoms with van der Waals surface area (Å²) < 4.78 is 6.44. The van der Waals surface area contributed by atoms with Gasteiger partial charge in [-0.05, 0) is 12.1 Å². The first-order chi connectivity index (χ1) is 8.83. The molecule has 0 radical (unpaired) electrons. The van der Waals surface area contributed by atoms with Crippen LogP contribution in [0.4, 0.5) is 5.13 Å². The molecule has 3 nitrogen and oxygen atoms in total. The number of hydrogen-bond acceptors (Lipinski definition) is 4. The minimum Gasteiger partial charge on any atom is -0.378 e. The normalized spacial score (nSPS) is 15.9. The fourth-order valence-electron chi connectivity index (χ4n) is 1.94. The van der Waals surface area contributed by atoms with Crippen LogP contribution in [0, 0.1) is 0 Å². The van der Waals surface area contributed by atoms with E-state index in [-0.39, 0.29) is 0 Å². The Morgan fingerprint density at radius 3 is 2.89 bits per heavy atom. The van der Waals surface area contributed by atoms with Crippen LogP contribution in [0.1, 0.15) is 0 Å². The van der Waals surface area contributed by atoms with Crippen molar-refractivity contribution in [1.29, 1.82) is 0 Å². The highest BCUT2D eigenvalue weighted by Gasteiger charge is 2.15. The first-order valence-electron chi connectivity index (χ1n) is 5.87. The molecule has 0 amide bonds. The topological polar surface area (TPSA) is 25.4 Å². The monoisotopic (exact) mass is 324 g/mol. The minimum absolute atomic E-state index is 0.797. The van der Waals surface area contributed by atoms with Gasteiger partial charge in [-0.15, -0.1) is 11.3 Å². The summed E-state index contributed by atoms with van der Waals surface area (Å²) in [6.07, 6.45) is 0. The van der Waals surface area contributed by atoms with Gasteiger partial charge in [-0.1, -0.05) is 28.1 Å². The molecule has 2 heterocycles. The number of morpholine rings is 1. The third kappa shape index (κ3) is 2.58. The molecular weight excluding hydrogens is 312 g/mol. The van der Waals surface area contributed by atoms with Crippen LogP contribution in [-0.2, 0) is 4.74 Å². The molecule has 0 bridgehead atoms. The van der Waals surface area contributed by atoms with Gasteiger partial charge in [0.1, 0.15) is 0 Å². The van der Waals surface area contributed by atoms with Crippen molar-refractivity contribution in [3.8, 4) is 11.3 Å². The predicted molar refractivity (Wildman–Crippen MR) is 78.3 cm³/mol. The predicted octanol–water partition coefficient (Wildman–Crippen LogP) is 3.41. The zero-order valence-corrected chi connectivity index (χ0v) is 12.2. The maximum Gasteiger partial charge on any atom is 0.186 e. The molecule has 0 aliphatic carbocycles. The second kappa shape index (κ2) is 5.38. The summed E-state index contributed by atoms with van der Waals surface area (Å²) in [4.78, 5) is 7.00. The molecule has 94 valence electrons. The van der Waals surface area contributed by atoms with E-state index in [9.17, 15) is 0 Å². The molecule has 0 N–H and O–H groups in total. The van der Waals surface area contributed by atoms with Gasteiger partial charge in [0.15, 0.2) is 5.13 Å². The molecule has 1 aliphatic rings. The number of ether oxygens (including phenoxy) is 1. The molecule has 0 atom stereocenters. The van der Waals surface area contributed by atoms with Crippen molar-refractivity contribution < 1.29 is 4.74 Å². The molecule has 1 aromatic carbocycles. The number of rotatable bonds is 2. The number of halogens is 1. The van der Waals surface area contributed by atoms with Crippen LogP contribution < -0.4 is 4.90 Å². The summed E-state index contributed by atoms with van der Waals surface area (Å²) >= 11 is 5.19. The average molecular weight is 325 g/mol. The fourth-order valence-corrected chi connectivity index (χ4v) is 3.23. The fraction of sp³-hybridized carbons (Fsp3) is 0.308. The van der Waals surface area contributed by atoms with Crippen LogP contribution in [0.25, 0.3) is 11.3 Å². The highest BCUT2D eigenvalue weighted by Crippen LogP contribution is 2.29. The Labute approximate surface area is 119 Å². The van der Waals surface area contributed by atoms with Gasteiger partial charge in [0.25, 0.3) is 0 Å². The Morgan fingerprint density at radius 2 is 2.11 bits per heavy atom. The zero-order chi connectivity index (χ0) is 12.4. The molecule has 1 fully saturated rings. The van der Waals surface area contributed by atoms with Gasteiger partial charge in [-0.2, -0.15) is 0 Å². The van der Waals surface area contributed by atoms with Crippen molar-refractivity contribution in [3.05, 3.63) is 34.1 Å². The largest absolute Gasteiger partial charge is 0.378 e. The highest BCUT2D eigenvalue weighted by atomic mass is 79.9. The maximum absolute atomic E-state index is 5.36. The SMILES string of the molecule is Brc1cccc(-c2csc(N3CCOCC3)n2)c1. The van der Waals surface area contributed by atoms with Crippen LogP contribution in [0.5, 0.6) is 0 Å². The van der Waals surface area contributed by atoms with Crippen molar-refractivity contribution in [3.63, 3.8) is 0 Å². The van der Waals surface area contributed by atoms with Gasteiger partial charge in [0, 0.05) is 28.5 Å². The van der Waals surface area contributed by atoms with Gasteiger partial charge >= 0.3 is 0 Å². The van der Waals surface area contributed by atoms with E-state index in [0.717, 1.165) is 47.2 Å². The van der Waals surface area contributed by atoms with E-state index < -0.39 is 0 Å². The third-order valence-corrected chi connectivity index (χ3v) is 4.29. The van der Waals surface area contributed by atoms with Gasteiger partial charge in [0.05, 0.1) is 18.9 Å².